The Balaban J connectivity index is 0. The number of carboxylic acid groups (broad SMARTS) is 2. The number of rotatable bonds is 3. The van der Waals surface area contributed by atoms with Gasteiger partial charge in [-0.15, -0.1) is 0 Å². The third-order valence-corrected chi connectivity index (χ3v) is 3.89. The van der Waals surface area contributed by atoms with E-state index in [0.29, 0.717) is 37.5 Å². The first-order valence-electron chi connectivity index (χ1n) is 8.85. The van der Waals surface area contributed by atoms with Gasteiger partial charge in [-0.2, -0.15) is 0 Å². The Morgan fingerprint density at radius 3 is 1.90 bits per heavy atom. The Morgan fingerprint density at radius 1 is 0.968 bits per heavy atom. The van der Waals surface area contributed by atoms with Gasteiger partial charge in [0.2, 0.25) is 0 Å². The molecule has 0 spiro atoms. The molecule has 12 heteroatoms. The molecule has 0 atom stereocenters. The van der Waals surface area contributed by atoms with Gasteiger partial charge in [0, 0.05) is 37.9 Å². The molecule has 0 unspecified atom stereocenters. The average Bonchev–Trinajstić information content (AvgIpc) is 2.65. The van der Waals surface area contributed by atoms with Crippen LogP contribution in [-0.2, 0) is 9.47 Å². The number of methoxy groups -OCH3 is 2. The smallest absolute Gasteiger partial charge is 0.652 e. The summed E-state index contributed by atoms with van der Waals surface area (Å²) in [5.74, 6) is 0.0390. The number of amides is 1. The van der Waals surface area contributed by atoms with Gasteiger partial charge in [0.25, 0.3) is 0 Å². The quantitative estimate of drug-likeness (QED) is 0.301. The van der Waals surface area contributed by atoms with Crippen LogP contribution in [-0.4, -0.2) is 69.1 Å². The molecule has 10 nitrogen and oxygen atoms in total. The Kier molecular flexibility index (Phi) is 17.0. The molecule has 1 aliphatic heterocycles. The van der Waals surface area contributed by atoms with Crippen LogP contribution in [0.1, 0.15) is 31.1 Å². The number of esters is 1. The fraction of sp³-hybridized carbons (Fsp3) is 0.526. The summed E-state index contributed by atoms with van der Waals surface area (Å²) >= 11 is 0. The number of piperazine rings is 1. The summed E-state index contributed by atoms with van der Waals surface area (Å²) in [5, 5.41) is 16.7. The van der Waals surface area contributed by atoms with E-state index in [2.05, 4.69) is 4.90 Å². The Hall–Kier alpha value is 0.103. The summed E-state index contributed by atoms with van der Waals surface area (Å²) in [6.45, 7) is 8.09. The van der Waals surface area contributed by atoms with Gasteiger partial charge in [0.05, 0.1) is 14.2 Å². The first kappa shape index (κ1) is 33.3. The van der Waals surface area contributed by atoms with Crippen LogP contribution < -0.4 is 123 Å². The fourth-order valence-electron chi connectivity index (χ4n) is 2.63. The monoisotopic (exact) mass is 488 g/mol. The predicted octanol–water partition coefficient (Wildman–Crippen LogP) is -5.90. The zero-order valence-corrected chi connectivity index (χ0v) is 25.5. The minimum Gasteiger partial charge on any atom is -0.652 e. The van der Waals surface area contributed by atoms with Crippen molar-refractivity contribution in [2.45, 2.75) is 26.4 Å². The van der Waals surface area contributed by atoms with Gasteiger partial charge in [0.15, 0.2) is 0 Å². The summed E-state index contributed by atoms with van der Waals surface area (Å²) in [4.78, 5) is 36.0. The van der Waals surface area contributed by atoms with Crippen LogP contribution in [0.4, 0.5) is 15.3 Å². The maximum atomic E-state index is 12.1. The maximum Gasteiger partial charge on any atom is 1.00 e. The fourth-order valence-corrected chi connectivity index (χ4v) is 2.63. The first-order valence-corrected chi connectivity index (χ1v) is 8.85. The number of carbonyl (C=O) groups is 3. The molecular formula is C19H26K2N2O8. The third kappa shape index (κ3) is 12.2. The Labute approximate surface area is 267 Å². The molecule has 0 saturated carbocycles. The largest absolute Gasteiger partial charge is 1.00 e. The van der Waals surface area contributed by atoms with Crippen molar-refractivity contribution in [1.29, 1.82) is 0 Å². The maximum absolute atomic E-state index is 12.1. The second-order valence-electron chi connectivity index (χ2n) is 7.08. The molecule has 1 aromatic rings. The molecule has 1 heterocycles. The number of benzene rings is 1. The summed E-state index contributed by atoms with van der Waals surface area (Å²) < 4.78 is 15.5. The zero-order valence-electron chi connectivity index (χ0n) is 19.2. The van der Waals surface area contributed by atoms with Crippen LogP contribution in [0.5, 0.6) is 5.75 Å². The van der Waals surface area contributed by atoms with Gasteiger partial charge in [-0.3, -0.25) is 0 Å². The van der Waals surface area contributed by atoms with E-state index >= 15 is 0 Å². The minimum absolute atomic E-state index is 0. The van der Waals surface area contributed by atoms with Gasteiger partial charge in [-0.1, -0.05) is 0 Å². The summed E-state index contributed by atoms with van der Waals surface area (Å²) in [6.07, 6.45) is -2.62. The van der Waals surface area contributed by atoms with E-state index in [1.807, 2.05) is 32.9 Å². The molecule has 0 N–H and O–H groups in total. The molecular weight excluding hydrogens is 462 g/mol. The van der Waals surface area contributed by atoms with E-state index in [9.17, 15) is 9.59 Å². The van der Waals surface area contributed by atoms with Crippen LogP contribution >= 0.6 is 0 Å². The van der Waals surface area contributed by atoms with Crippen molar-refractivity contribution in [3.8, 4) is 5.75 Å². The number of hydrogen-bond acceptors (Lipinski definition) is 9. The molecule has 0 bridgehead atoms. The van der Waals surface area contributed by atoms with E-state index < -0.39 is 17.7 Å². The number of ether oxygens (including phenoxy) is 3. The van der Waals surface area contributed by atoms with Gasteiger partial charge >= 0.3 is 115 Å². The number of nitrogens with zero attached hydrogens (tertiary/aromatic N) is 2. The van der Waals surface area contributed by atoms with Gasteiger partial charge < -0.3 is 39.0 Å². The molecule has 1 aromatic carbocycles. The zero-order chi connectivity index (χ0) is 22.2. The molecule has 1 aliphatic rings. The molecule has 1 amide bonds. The van der Waals surface area contributed by atoms with Gasteiger partial charge in [0.1, 0.15) is 16.9 Å². The van der Waals surface area contributed by atoms with E-state index in [1.54, 1.807) is 11.0 Å². The van der Waals surface area contributed by atoms with E-state index in [0.717, 1.165) is 5.69 Å². The molecule has 0 radical (unpaired) electrons. The average molecular weight is 489 g/mol. The van der Waals surface area contributed by atoms with Crippen molar-refractivity contribution in [1.82, 2.24) is 4.90 Å². The van der Waals surface area contributed by atoms with Gasteiger partial charge in [-0.05, 0) is 39.1 Å². The van der Waals surface area contributed by atoms with Crippen LogP contribution in [0.2, 0.25) is 0 Å². The predicted molar refractivity (Wildman–Crippen MR) is 99.7 cm³/mol. The third-order valence-electron chi connectivity index (χ3n) is 3.89. The standard InChI is InChI=1S/C18H26N2O5.CH2O3.2K/c1-18(2,3)25-17(22)20-10-8-19(9-11-20)13-6-7-14(16(21)24-5)15(12-13)23-4;2-1(3)4;;/h6-7,12H,8-11H2,1-5H3;(H2,2,3,4);;/q;;2*+1/p-2. The number of carbonyl (C=O) groups excluding carboxylic acids is 3. The van der Waals surface area contributed by atoms with Crippen LogP contribution in [0.3, 0.4) is 0 Å². The molecule has 0 aliphatic carbocycles. The van der Waals surface area contributed by atoms with Crippen LogP contribution in [0.15, 0.2) is 18.2 Å². The van der Waals surface area contributed by atoms with Crippen molar-refractivity contribution in [3.63, 3.8) is 0 Å². The van der Waals surface area contributed by atoms with Crippen LogP contribution in [0.25, 0.3) is 0 Å². The Morgan fingerprint density at radius 2 is 1.48 bits per heavy atom. The van der Waals surface area contributed by atoms with E-state index in [1.165, 1.54) is 14.2 Å². The topological polar surface area (TPSA) is 132 Å². The summed E-state index contributed by atoms with van der Waals surface area (Å²) in [7, 11) is 2.86. The molecule has 2 rings (SSSR count). The van der Waals surface area contributed by atoms with Crippen molar-refractivity contribution in [2.24, 2.45) is 0 Å². The minimum atomic E-state index is -2.33. The summed E-state index contributed by atoms with van der Waals surface area (Å²) in [6, 6.07) is 5.37. The van der Waals surface area contributed by atoms with E-state index in [4.69, 9.17) is 29.2 Å². The van der Waals surface area contributed by atoms with Crippen molar-refractivity contribution in [3.05, 3.63) is 23.8 Å². The summed E-state index contributed by atoms with van der Waals surface area (Å²) in [5.41, 5.74) is 0.833. The van der Waals surface area contributed by atoms with Gasteiger partial charge in [-0.25, -0.2) is 9.59 Å². The van der Waals surface area contributed by atoms with Crippen molar-refractivity contribution < 1.29 is 142 Å². The second-order valence-corrected chi connectivity index (χ2v) is 7.08. The van der Waals surface area contributed by atoms with E-state index in [-0.39, 0.29) is 109 Å². The molecule has 1 saturated heterocycles. The Bertz CT molecular complexity index is 728. The number of anilines is 1. The molecule has 31 heavy (non-hydrogen) atoms. The molecule has 1 fully saturated rings. The first-order chi connectivity index (χ1) is 13.5. The molecule has 162 valence electrons. The van der Waals surface area contributed by atoms with Crippen LogP contribution in [0, 0.1) is 0 Å². The second kappa shape index (κ2) is 15.9. The normalized spacial score (nSPS) is 12.8. The van der Waals surface area contributed by atoms with Crippen molar-refractivity contribution in [2.75, 3.05) is 45.3 Å². The molecule has 0 aromatic heterocycles. The number of hydrogen-bond donors (Lipinski definition) is 0. The SMILES string of the molecule is COC(=O)c1ccc(N2CCN(C(=O)OC(C)(C)C)CC2)cc1OC.O=C([O-])[O-].[K+].[K+]. The van der Waals surface area contributed by atoms with Crippen molar-refractivity contribution >= 4 is 23.9 Å².